The van der Waals surface area contributed by atoms with Gasteiger partial charge in [0.15, 0.2) is 0 Å². The van der Waals surface area contributed by atoms with Crippen molar-refractivity contribution in [1.29, 1.82) is 0 Å². The maximum absolute atomic E-state index is 5.24. The number of ether oxygens (including phenoxy) is 1. The fraction of sp³-hybridized carbons (Fsp3) is 0.625. The first kappa shape index (κ1) is 7.76. The van der Waals surface area contributed by atoms with E-state index in [9.17, 15) is 0 Å². The van der Waals surface area contributed by atoms with Gasteiger partial charge in [-0.25, -0.2) is 0 Å². The highest BCUT2D eigenvalue weighted by Gasteiger charge is 2.10. The lowest BCUT2D eigenvalue weighted by Crippen LogP contribution is -2.35. The van der Waals surface area contributed by atoms with Crippen molar-refractivity contribution in [2.75, 3.05) is 26.3 Å². The van der Waals surface area contributed by atoms with E-state index in [4.69, 9.17) is 9.26 Å². The molecule has 1 aromatic heterocycles. The van der Waals surface area contributed by atoms with E-state index >= 15 is 0 Å². The van der Waals surface area contributed by atoms with Crippen LogP contribution in [0, 0.1) is 0 Å². The highest BCUT2D eigenvalue weighted by atomic mass is 16.5. The van der Waals surface area contributed by atoms with Crippen LogP contribution in [0.25, 0.3) is 0 Å². The molecule has 0 atom stereocenters. The Kier molecular flexibility index (Phi) is 2.39. The molecule has 1 aliphatic heterocycles. The molecule has 12 heavy (non-hydrogen) atoms. The van der Waals surface area contributed by atoms with E-state index in [1.54, 1.807) is 12.5 Å². The summed E-state index contributed by atoms with van der Waals surface area (Å²) in [4.78, 5) is 2.33. The lowest BCUT2D eigenvalue weighted by molar-refractivity contribution is 0.0341. The summed E-state index contributed by atoms with van der Waals surface area (Å²) in [7, 11) is 0. The third kappa shape index (κ3) is 1.84. The molecule has 4 nitrogen and oxygen atoms in total. The highest BCUT2D eigenvalue weighted by Crippen LogP contribution is 2.05. The molecule has 0 bridgehead atoms. The standard InChI is InChI=1S/C8H12N2O2/c1-3-11-4-2-10(1)6-8-5-9-12-7-8/h5,7H,1-4,6H2. The fourth-order valence-electron chi connectivity index (χ4n) is 1.32. The zero-order chi connectivity index (χ0) is 8.23. The van der Waals surface area contributed by atoms with Gasteiger partial charge in [0.1, 0.15) is 6.26 Å². The second kappa shape index (κ2) is 3.69. The molecule has 0 aromatic carbocycles. The smallest absolute Gasteiger partial charge is 0.128 e. The molecule has 1 fully saturated rings. The van der Waals surface area contributed by atoms with E-state index in [2.05, 4.69) is 10.1 Å². The minimum atomic E-state index is 0.839. The van der Waals surface area contributed by atoms with Gasteiger partial charge >= 0.3 is 0 Å². The summed E-state index contributed by atoms with van der Waals surface area (Å²) in [5, 5.41) is 3.65. The van der Waals surface area contributed by atoms with Gasteiger partial charge < -0.3 is 9.26 Å². The predicted molar refractivity (Wildman–Crippen MR) is 42.6 cm³/mol. The first-order chi connectivity index (χ1) is 5.95. The molecule has 66 valence electrons. The Morgan fingerprint density at radius 2 is 2.25 bits per heavy atom. The third-order valence-electron chi connectivity index (χ3n) is 1.99. The van der Waals surface area contributed by atoms with Crippen LogP contribution >= 0.6 is 0 Å². The molecular weight excluding hydrogens is 156 g/mol. The number of hydrogen-bond donors (Lipinski definition) is 0. The topological polar surface area (TPSA) is 38.5 Å². The molecule has 0 aliphatic carbocycles. The quantitative estimate of drug-likeness (QED) is 0.644. The molecule has 0 radical (unpaired) electrons. The fourth-order valence-corrected chi connectivity index (χ4v) is 1.32. The van der Waals surface area contributed by atoms with Crippen molar-refractivity contribution in [3.05, 3.63) is 18.0 Å². The monoisotopic (exact) mass is 168 g/mol. The number of rotatable bonds is 2. The predicted octanol–water partition coefficient (Wildman–Crippen LogP) is 0.507. The summed E-state index contributed by atoms with van der Waals surface area (Å²) in [5.74, 6) is 0. The van der Waals surface area contributed by atoms with Crippen LogP contribution in [-0.4, -0.2) is 36.4 Å². The van der Waals surface area contributed by atoms with Gasteiger partial charge in [-0.2, -0.15) is 0 Å². The number of hydrogen-bond acceptors (Lipinski definition) is 4. The summed E-state index contributed by atoms with van der Waals surface area (Å²) < 4.78 is 9.99. The Morgan fingerprint density at radius 3 is 2.92 bits per heavy atom. The van der Waals surface area contributed by atoms with Crippen LogP contribution in [0.2, 0.25) is 0 Å². The van der Waals surface area contributed by atoms with Crippen molar-refractivity contribution >= 4 is 0 Å². The molecule has 1 saturated heterocycles. The van der Waals surface area contributed by atoms with Crippen LogP contribution in [-0.2, 0) is 11.3 Å². The van der Waals surface area contributed by atoms with Gasteiger partial charge in [0.2, 0.25) is 0 Å². The van der Waals surface area contributed by atoms with Crippen LogP contribution in [0.3, 0.4) is 0 Å². The number of aromatic nitrogens is 1. The lowest BCUT2D eigenvalue weighted by atomic mass is 10.3. The molecular formula is C8H12N2O2. The van der Waals surface area contributed by atoms with Crippen LogP contribution in [0.1, 0.15) is 5.56 Å². The lowest BCUT2D eigenvalue weighted by Gasteiger charge is -2.25. The van der Waals surface area contributed by atoms with Gasteiger partial charge in [-0.1, -0.05) is 5.16 Å². The van der Waals surface area contributed by atoms with Gasteiger partial charge in [0.05, 0.1) is 19.4 Å². The molecule has 0 unspecified atom stereocenters. The first-order valence-electron chi connectivity index (χ1n) is 4.13. The Labute approximate surface area is 71.1 Å². The Morgan fingerprint density at radius 1 is 1.42 bits per heavy atom. The van der Waals surface area contributed by atoms with Crippen LogP contribution in [0.5, 0.6) is 0 Å². The minimum Gasteiger partial charge on any atom is -0.379 e. The maximum Gasteiger partial charge on any atom is 0.128 e. The number of nitrogens with zero attached hydrogens (tertiary/aromatic N) is 2. The van der Waals surface area contributed by atoms with Crippen molar-refractivity contribution in [2.45, 2.75) is 6.54 Å². The number of morpholine rings is 1. The van der Waals surface area contributed by atoms with E-state index in [0.29, 0.717) is 0 Å². The van der Waals surface area contributed by atoms with Crippen LogP contribution in [0.4, 0.5) is 0 Å². The van der Waals surface area contributed by atoms with Crippen molar-refractivity contribution in [3.8, 4) is 0 Å². The van der Waals surface area contributed by atoms with Crippen LogP contribution < -0.4 is 0 Å². The largest absolute Gasteiger partial charge is 0.379 e. The van der Waals surface area contributed by atoms with Gasteiger partial charge in [-0.3, -0.25) is 4.90 Å². The average molecular weight is 168 g/mol. The Hall–Kier alpha value is -0.870. The highest BCUT2D eigenvalue weighted by molar-refractivity contribution is 4.99. The summed E-state index contributed by atoms with van der Waals surface area (Å²) in [6.45, 7) is 4.61. The molecule has 2 rings (SSSR count). The summed E-state index contributed by atoms with van der Waals surface area (Å²) in [6.07, 6.45) is 3.45. The van der Waals surface area contributed by atoms with E-state index in [-0.39, 0.29) is 0 Å². The second-order valence-electron chi connectivity index (χ2n) is 2.92. The Balaban J connectivity index is 1.86. The van der Waals surface area contributed by atoms with Gasteiger partial charge in [0.25, 0.3) is 0 Å². The SMILES string of the molecule is c1nocc1CN1CCOCC1. The normalized spacial score (nSPS) is 19.7. The molecule has 1 aliphatic rings. The van der Waals surface area contributed by atoms with Crippen molar-refractivity contribution in [2.24, 2.45) is 0 Å². The molecule has 0 spiro atoms. The zero-order valence-electron chi connectivity index (χ0n) is 6.90. The van der Waals surface area contributed by atoms with Crippen molar-refractivity contribution < 1.29 is 9.26 Å². The molecule has 4 heteroatoms. The maximum atomic E-state index is 5.24. The first-order valence-corrected chi connectivity index (χ1v) is 4.13. The van der Waals surface area contributed by atoms with E-state index < -0.39 is 0 Å². The van der Waals surface area contributed by atoms with Gasteiger partial charge in [0, 0.05) is 25.2 Å². The van der Waals surface area contributed by atoms with E-state index in [1.165, 1.54) is 0 Å². The van der Waals surface area contributed by atoms with Gasteiger partial charge in [-0.05, 0) is 0 Å². The molecule has 0 saturated carbocycles. The zero-order valence-corrected chi connectivity index (χ0v) is 6.90. The Bertz CT molecular complexity index is 217. The summed E-state index contributed by atoms with van der Waals surface area (Å²) in [6, 6.07) is 0. The van der Waals surface area contributed by atoms with Gasteiger partial charge in [-0.15, -0.1) is 0 Å². The van der Waals surface area contributed by atoms with Crippen molar-refractivity contribution in [1.82, 2.24) is 10.1 Å². The summed E-state index contributed by atoms with van der Waals surface area (Å²) in [5.41, 5.74) is 1.14. The second-order valence-corrected chi connectivity index (χ2v) is 2.92. The molecule has 0 amide bonds. The summed E-state index contributed by atoms with van der Waals surface area (Å²) >= 11 is 0. The minimum absolute atomic E-state index is 0.839. The van der Waals surface area contributed by atoms with E-state index in [1.807, 2.05) is 0 Å². The van der Waals surface area contributed by atoms with Crippen LogP contribution in [0.15, 0.2) is 17.0 Å². The van der Waals surface area contributed by atoms with Crippen molar-refractivity contribution in [3.63, 3.8) is 0 Å². The molecule has 2 heterocycles. The third-order valence-corrected chi connectivity index (χ3v) is 1.99. The molecule has 0 N–H and O–H groups in total. The van der Waals surface area contributed by atoms with E-state index in [0.717, 1.165) is 38.4 Å². The molecule has 1 aromatic rings. The average Bonchev–Trinajstić information content (AvgIpc) is 2.59.